The minimum Gasteiger partial charge on any atom is -0.485 e. The third kappa shape index (κ3) is 4.28. The van der Waals surface area contributed by atoms with E-state index in [-0.39, 0.29) is 11.9 Å². The van der Waals surface area contributed by atoms with Gasteiger partial charge in [-0.15, -0.1) is 11.3 Å². The van der Waals surface area contributed by atoms with Gasteiger partial charge in [-0.3, -0.25) is 4.90 Å². The summed E-state index contributed by atoms with van der Waals surface area (Å²) in [6.07, 6.45) is 0.312. The highest BCUT2D eigenvalue weighted by Crippen LogP contribution is 2.23. The lowest BCUT2D eigenvalue weighted by atomic mass is 10.1. The summed E-state index contributed by atoms with van der Waals surface area (Å²) in [5.74, 6) is -0.182. The minimum absolute atomic E-state index is 0.208. The molecule has 0 unspecified atom stereocenters. The minimum atomic E-state index is -0.586. The second-order valence-electron chi connectivity index (χ2n) is 5.87. The van der Waals surface area contributed by atoms with Crippen molar-refractivity contribution in [1.29, 1.82) is 0 Å². The molecule has 1 aromatic heterocycles. The van der Waals surface area contributed by atoms with Gasteiger partial charge in [0, 0.05) is 25.0 Å². The topological polar surface area (TPSA) is 45.6 Å². The fourth-order valence-electron chi connectivity index (χ4n) is 2.82. The molecule has 3 rings (SSSR count). The Morgan fingerprint density at radius 1 is 1.35 bits per heavy atom. The lowest BCUT2D eigenvalue weighted by Crippen LogP contribution is -2.31. The first-order valence-electron chi connectivity index (χ1n) is 7.84. The van der Waals surface area contributed by atoms with E-state index in [4.69, 9.17) is 4.74 Å². The van der Waals surface area contributed by atoms with E-state index in [2.05, 4.69) is 15.3 Å². The molecule has 2 atom stereocenters. The molecule has 0 aliphatic carbocycles. The Balaban J connectivity index is 1.60. The van der Waals surface area contributed by atoms with Gasteiger partial charge in [0.2, 0.25) is 0 Å². The Kier molecular flexibility index (Phi) is 5.25. The van der Waals surface area contributed by atoms with Crippen molar-refractivity contribution in [2.75, 3.05) is 13.1 Å². The SMILES string of the molecule is Cc1nc(CN2CC[C@H](Oc3ccccc3F)[C@@H](O)CC2)cs1. The molecule has 6 heteroatoms. The van der Waals surface area contributed by atoms with Crippen LogP contribution in [0.3, 0.4) is 0 Å². The van der Waals surface area contributed by atoms with E-state index in [1.165, 1.54) is 6.07 Å². The number of aryl methyl sites for hydroxylation is 1. The third-order valence-electron chi connectivity index (χ3n) is 4.07. The number of thiazole rings is 1. The molecule has 1 N–H and O–H groups in total. The molecule has 0 bridgehead atoms. The largest absolute Gasteiger partial charge is 0.485 e. The van der Waals surface area contributed by atoms with Gasteiger partial charge in [-0.25, -0.2) is 9.37 Å². The standard InChI is InChI=1S/C17H21FN2O2S/c1-12-19-13(11-23-12)10-20-8-6-15(21)17(7-9-20)22-16-5-3-2-4-14(16)18/h2-5,11,15,17,21H,6-10H2,1H3/t15-,17-/m0/s1. The highest BCUT2D eigenvalue weighted by molar-refractivity contribution is 7.09. The van der Waals surface area contributed by atoms with Crippen LogP contribution in [0.25, 0.3) is 0 Å². The fraction of sp³-hybridized carbons (Fsp3) is 0.471. The van der Waals surface area contributed by atoms with Crippen molar-refractivity contribution in [2.24, 2.45) is 0 Å². The molecule has 0 saturated carbocycles. The van der Waals surface area contributed by atoms with Crippen LogP contribution in [0.4, 0.5) is 4.39 Å². The van der Waals surface area contributed by atoms with Gasteiger partial charge >= 0.3 is 0 Å². The zero-order valence-electron chi connectivity index (χ0n) is 13.1. The van der Waals surface area contributed by atoms with E-state index in [1.54, 1.807) is 29.5 Å². The maximum Gasteiger partial charge on any atom is 0.165 e. The van der Waals surface area contributed by atoms with Crippen LogP contribution in [0.2, 0.25) is 0 Å². The molecule has 0 spiro atoms. The summed E-state index contributed by atoms with van der Waals surface area (Å²) in [4.78, 5) is 6.75. The van der Waals surface area contributed by atoms with Crippen LogP contribution < -0.4 is 4.74 Å². The Hall–Kier alpha value is -1.50. The van der Waals surface area contributed by atoms with Gasteiger partial charge in [0.05, 0.1) is 16.8 Å². The van der Waals surface area contributed by atoms with E-state index >= 15 is 0 Å². The number of aliphatic hydroxyl groups is 1. The van der Waals surface area contributed by atoms with E-state index in [0.29, 0.717) is 12.8 Å². The second kappa shape index (κ2) is 7.38. The molecule has 1 aliphatic rings. The van der Waals surface area contributed by atoms with E-state index < -0.39 is 11.9 Å². The fourth-order valence-corrected chi connectivity index (χ4v) is 3.43. The monoisotopic (exact) mass is 336 g/mol. The first-order chi connectivity index (χ1) is 11.1. The Morgan fingerprint density at radius 3 is 2.87 bits per heavy atom. The van der Waals surface area contributed by atoms with Crippen LogP contribution in [-0.2, 0) is 6.54 Å². The van der Waals surface area contributed by atoms with Gasteiger partial charge in [-0.05, 0) is 31.9 Å². The second-order valence-corrected chi connectivity index (χ2v) is 6.93. The van der Waals surface area contributed by atoms with E-state index in [9.17, 15) is 9.50 Å². The predicted octanol–water partition coefficient (Wildman–Crippen LogP) is 2.99. The molecule has 0 radical (unpaired) electrons. The summed E-state index contributed by atoms with van der Waals surface area (Å²) in [6.45, 7) is 4.36. The van der Waals surface area contributed by atoms with Crippen LogP contribution in [0.15, 0.2) is 29.6 Å². The van der Waals surface area contributed by atoms with Gasteiger partial charge < -0.3 is 9.84 Å². The molecule has 1 fully saturated rings. The molecule has 1 aromatic carbocycles. The zero-order valence-corrected chi connectivity index (χ0v) is 13.9. The molecular weight excluding hydrogens is 315 g/mol. The maximum absolute atomic E-state index is 13.7. The normalized spacial score (nSPS) is 22.7. The number of nitrogens with zero attached hydrogens (tertiary/aromatic N) is 2. The predicted molar refractivity (Wildman–Crippen MR) is 88.2 cm³/mol. The number of hydrogen-bond donors (Lipinski definition) is 1. The molecule has 2 heterocycles. The van der Waals surface area contributed by atoms with Crippen LogP contribution in [0.5, 0.6) is 5.75 Å². The number of aromatic nitrogens is 1. The highest BCUT2D eigenvalue weighted by Gasteiger charge is 2.27. The summed E-state index contributed by atoms with van der Waals surface area (Å²) in [5.41, 5.74) is 1.07. The highest BCUT2D eigenvalue weighted by atomic mass is 32.1. The van der Waals surface area contributed by atoms with Crippen LogP contribution >= 0.6 is 11.3 Å². The lowest BCUT2D eigenvalue weighted by molar-refractivity contribution is 0.0328. The van der Waals surface area contributed by atoms with Crippen LogP contribution in [0.1, 0.15) is 23.5 Å². The van der Waals surface area contributed by atoms with Crippen molar-refractivity contribution < 1.29 is 14.2 Å². The van der Waals surface area contributed by atoms with Gasteiger partial charge in [0.1, 0.15) is 6.10 Å². The number of para-hydroxylation sites is 1. The van der Waals surface area contributed by atoms with Crippen molar-refractivity contribution in [2.45, 2.75) is 38.5 Å². The quantitative estimate of drug-likeness (QED) is 0.932. The average Bonchev–Trinajstić information content (AvgIpc) is 2.86. The summed E-state index contributed by atoms with van der Waals surface area (Å²) in [6, 6.07) is 6.33. The average molecular weight is 336 g/mol. The molecular formula is C17H21FN2O2S. The number of hydrogen-bond acceptors (Lipinski definition) is 5. The van der Waals surface area contributed by atoms with Gasteiger partial charge in [0.15, 0.2) is 11.6 Å². The molecule has 124 valence electrons. The number of aliphatic hydroxyl groups excluding tert-OH is 1. The molecule has 0 amide bonds. The zero-order chi connectivity index (χ0) is 16.2. The lowest BCUT2D eigenvalue weighted by Gasteiger charge is -2.22. The molecule has 2 aromatic rings. The van der Waals surface area contributed by atoms with Crippen molar-refractivity contribution in [3.63, 3.8) is 0 Å². The number of ether oxygens (including phenoxy) is 1. The molecule has 23 heavy (non-hydrogen) atoms. The van der Waals surface area contributed by atoms with Crippen LogP contribution in [-0.4, -0.2) is 40.3 Å². The van der Waals surface area contributed by atoms with Crippen molar-refractivity contribution in [3.05, 3.63) is 46.2 Å². The molecule has 4 nitrogen and oxygen atoms in total. The van der Waals surface area contributed by atoms with Gasteiger partial charge in [-0.1, -0.05) is 12.1 Å². The number of likely N-dealkylation sites (tertiary alicyclic amines) is 1. The maximum atomic E-state index is 13.7. The summed E-state index contributed by atoms with van der Waals surface area (Å²) >= 11 is 1.65. The van der Waals surface area contributed by atoms with Gasteiger partial charge in [-0.2, -0.15) is 0 Å². The van der Waals surface area contributed by atoms with E-state index in [0.717, 1.165) is 30.3 Å². The molecule has 1 saturated heterocycles. The first kappa shape index (κ1) is 16.4. The summed E-state index contributed by atoms with van der Waals surface area (Å²) in [7, 11) is 0. The van der Waals surface area contributed by atoms with E-state index in [1.807, 2.05) is 6.92 Å². The van der Waals surface area contributed by atoms with Crippen LogP contribution in [0, 0.1) is 12.7 Å². The Morgan fingerprint density at radius 2 is 2.13 bits per heavy atom. The van der Waals surface area contributed by atoms with Crippen molar-refractivity contribution in [3.8, 4) is 5.75 Å². The summed E-state index contributed by atoms with van der Waals surface area (Å²) in [5, 5.41) is 13.4. The Bertz CT molecular complexity index is 649. The number of rotatable bonds is 4. The first-order valence-corrected chi connectivity index (χ1v) is 8.72. The number of halogens is 1. The summed E-state index contributed by atoms with van der Waals surface area (Å²) < 4.78 is 19.4. The van der Waals surface area contributed by atoms with Crippen molar-refractivity contribution >= 4 is 11.3 Å². The Labute approximate surface area is 139 Å². The smallest absolute Gasteiger partial charge is 0.165 e. The third-order valence-corrected chi connectivity index (χ3v) is 4.89. The molecule has 1 aliphatic heterocycles. The number of benzene rings is 1. The van der Waals surface area contributed by atoms with Gasteiger partial charge in [0.25, 0.3) is 0 Å². The van der Waals surface area contributed by atoms with Crippen molar-refractivity contribution in [1.82, 2.24) is 9.88 Å².